The number of carboxylic acid groups (broad SMARTS) is 1. The van der Waals surface area contributed by atoms with E-state index < -0.39 is 12.1 Å². The van der Waals surface area contributed by atoms with Gasteiger partial charge in [-0.2, -0.15) is 0 Å². The molecule has 0 bridgehead atoms. The van der Waals surface area contributed by atoms with Crippen molar-refractivity contribution in [2.24, 2.45) is 46.3 Å². The highest BCUT2D eigenvalue weighted by Crippen LogP contribution is 2.68. The van der Waals surface area contributed by atoms with Crippen LogP contribution in [0.4, 0.5) is 0 Å². The first-order chi connectivity index (χ1) is 24.0. The van der Waals surface area contributed by atoms with Crippen LogP contribution in [0.1, 0.15) is 201 Å². The van der Waals surface area contributed by atoms with Crippen LogP contribution in [0.3, 0.4) is 0 Å². The maximum atomic E-state index is 13.0. The third-order valence-electron chi connectivity index (χ3n) is 15.2. The van der Waals surface area contributed by atoms with Crippen LogP contribution in [-0.4, -0.2) is 45.4 Å². The molecule has 0 aromatic rings. The Hall–Kier alpha value is -1.14. The average Bonchev–Trinajstić information content (AvgIpc) is 3.44. The maximum Gasteiger partial charge on any atom is 0.303 e. The molecular weight excluding hydrogens is 622 g/mol. The molecule has 0 heterocycles. The molecule has 0 radical (unpaired) electrons. The summed E-state index contributed by atoms with van der Waals surface area (Å²) in [4.78, 5) is 24.2. The number of unbranched alkanes of at least 4 members (excludes halogenated alkanes) is 16. The zero-order valence-corrected chi connectivity index (χ0v) is 32.9. The molecule has 0 saturated heterocycles. The van der Waals surface area contributed by atoms with Crippen LogP contribution in [-0.2, 0) is 9.59 Å². The number of fused-ring (bicyclic) bond motifs is 5. The van der Waals surface area contributed by atoms with Crippen molar-refractivity contribution in [2.45, 2.75) is 219 Å². The number of carboxylic acids is 1. The van der Waals surface area contributed by atoms with Gasteiger partial charge in [0.2, 0.25) is 5.91 Å². The lowest BCUT2D eigenvalue weighted by atomic mass is 9.43. The number of nitrogens with one attached hydrogen (secondary N) is 1. The minimum absolute atomic E-state index is 0.0774. The van der Waals surface area contributed by atoms with E-state index in [4.69, 9.17) is 0 Å². The van der Waals surface area contributed by atoms with Crippen molar-refractivity contribution in [1.82, 2.24) is 5.32 Å². The molecule has 4 rings (SSSR count). The zero-order chi connectivity index (χ0) is 36.1. The predicted octanol–water partition coefficient (Wildman–Crippen LogP) is 10.6. The van der Waals surface area contributed by atoms with Gasteiger partial charge in [0, 0.05) is 18.9 Å². The number of carbonyl (C=O) groups excluding carboxylic acids is 1. The lowest BCUT2D eigenvalue weighted by Gasteiger charge is -2.63. The summed E-state index contributed by atoms with van der Waals surface area (Å²) in [6, 6.07) is 0.194. The Balaban J connectivity index is 1.10. The van der Waals surface area contributed by atoms with Gasteiger partial charge >= 0.3 is 5.97 Å². The second kappa shape index (κ2) is 20.4. The summed E-state index contributed by atoms with van der Waals surface area (Å²) in [6.45, 7) is 9.13. The molecule has 4 N–H and O–H groups in total. The van der Waals surface area contributed by atoms with Gasteiger partial charge in [0.05, 0.1) is 12.2 Å². The molecule has 0 aliphatic heterocycles. The standard InChI is InChI=1S/C44H79NO5/c1-5-6-7-8-9-10-11-12-13-14-15-16-17-18-19-20-21-22-40(48)45-34-27-28-43(3)33(29-34)30-38(46)42-36-25-24-35(32(2)23-26-41(49)50)44(36,4)39(47)31-37(42)43/h32-39,42,46-47H,5-31H2,1-4H3,(H,45,48)(H,49,50)/t32-,33?,34+,35?,36?,37?,38-,39+,42?,43?,44?/m1/s1. The summed E-state index contributed by atoms with van der Waals surface area (Å²) >= 11 is 0. The molecule has 6 nitrogen and oxygen atoms in total. The second-order valence-corrected chi connectivity index (χ2v) is 18.5. The fraction of sp³-hybridized carbons (Fsp3) is 0.955. The van der Waals surface area contributed by atoms with Crippen LogP contribution in [0.5, 0.6) is 0 Å². The number of amides is 1. The van der Waals surface area contributed by atoms with Crippen molar-refractivity contribution in [3.63, 3.8) is 0 Å². The molecule has 4 aliphatic rings. The summed E-state index contributed by atoms with van der Waals surface area (Å²) in [6.07, 6.45) is 30.1. The highest BCUT2D eigenvalue weighted by atomic mass is 16.4. The lowest BCUT2D eigenvalue weighted by Crippen LogP contribution is -2.63. The molecule has 7 unspecified atom stereocenters. The van der Waals surface area contributed by atoms with Gasteiger partial charge < -0.3 is 20.6 Å². The van der Waals surface area contributed by atoms with E-state index in [1.807, 2.05) is 0 Å². The summed E-state index contributed by atoms with van der Waals surface area (Å²) in [5, 5.41) is 36.2. The third-order valence-corrected chi connectivity index (χ3v) is 15.2. The van der Waals surface area contributed by atoms with Gasteiger partial charge in [-0.05, 0) is 104 Å². The first kappa shape index (κ1) is 41.6. The minimum atomic E-state index is -0.746. The number of hydrogen-bond acceptors (Lipinski definition) is 4. The topological polar surface area (TPSA) is 107 Å². The van der Waals surface area contributed by atoms with Crippen molar-refractivity contribution in [3.8, 4) is 0 Å². The molecule has 0 spiro atoms. The highest BCUT2D eigenvalue weighted by molar-refractivity contribution is 5.76. The predicted molar refractivity (Wildman–Crippen MR) is 205 cm³/mol. The third kappa shape index (κ3) is 10.7. The minimum Gasteiger partial charge on any atom is -0.481 e. The Kier molecular flexibility index (Phi) is 16.9. The Bertz CT molecular complexity index is 1020. The molecule has 11 atom stereocenters. The molecule has 1 amide bonds. The summed E-state index contributed by atoms with van der Waals surface area (Å²) in [5.74, 6) is 1.14. The zero-order valence-electron chi connectivity index (χ0n) is 32.9. The number of hydrogen-bond donors (Lipinski definition) is 4. The van der Waals surface area contributed by atoms with E-state index in [1.54, 1.807) is 0 Å². The van der Waals surface area contributed by atoms with Gasteiger partial charge in [0.15, 0.2) is 0 Å². The van der Waals surface area contributed by atoms with Crippen LogP contribution in [0.15, 0.2) is 0 Å². The number of aliphatic hydroxyl groups excluding tert-OH is 2. The first-order valence-corrected chi connectivity index (χ1v) is 21.9. The Morgan fingerprint density at radius 1 is 0.720 bits per heavy atom. The Labute approximate surface area is 307 Å². The van der Waals surface area contributed by atoms with Crippen molar-refractivity contribution in [3.05, 3.63) is 0 Å². The molecule has 4 saturated carbocycles. The lowest BCUT2D eigenvalue weighted by molar-refractivity contribution is -0.202. The number of aliphatic carboxylic acids is 1. The summed E-state index contributed by atoms with van der Waals surface area (Å²) in [5.41, 5.74) is -0.186. The fourth-order valence-electron chi connectivity index (χ4n) is 12.1. The van der Waals surface area contributed by atoms with Gasteiger partial charge in [-0.25, -0.2) is 0 Å². The van der Waals surface area contributed by atoms with Crippen molar-refractivity contribution < 1.29 is 24.9 Å². The Morgan fingerprint density at radius 2 is 1.28 bits per heavy atom. The van der Waals surface area contributed by atoms with Crippen LogP contribution < -0.4 is 5.32 Å². The molecule has 0 aromatic heterocycles. The van der Waals surface area contributed by atoms with Crippen LogP contribution in [0.2, 0.25) is 0 Å². The van der Waals surface area contributed by atoms with E-state index in [1.165, 1.54) is 96.3 Å². The molecular formula is C44H79NO5. The monoisotopic (exact) mass is 702 g/mol. The molecule has 6 heteroatoms. The van der Waals surface area contributed by atoms with Gasteiger partial charge in [-0.15, -0.1) is 0 Å². The average molecular weight is 702 g/mol. The van der Waals surface area contributed by atoms with Crippen LogP contribution >= 0.6 is 0 Å². The number of rotatable bonds is 23. The van der Waals surface area contributed by atoms with Crippen LogP contribution in [0.25, 0.3) is 0 Å². The van der Waals surface area contributed by atoms with E-state index >= 15 is 0 Å². The fourth-order valence-corrected chi connectivity index (χ4v) is 12.1. The maximum absolute atomic E-state index is 13.0. The molecule has 0 aromatic carbocycles. The first-order valence-electron chi connectivity index (χ1n) is 21.9. The van der Waals surface area contributed by atoms with Gasteiger partial charge in [0.1, 0.15) is 0 Å². The van der Waals surface area contributed by atoms with Gasteiger partial charge in [0.25, 0.3) is 0 Å². The molecule has 4 fully saturated rings. The Morgan fingerprint density at radius 3 is 1.84 bits per heavy atom. The van der Waals surface area contributed by atoms with Crippen molar-refractivity contribution >= 4 is 11.9 Å². The van der Waals surface area contributed by atoms with E-state index in [0.29, 0.717) is 30.6 Å². The van der Waals surface area contributed by atoms with Crippen LogP contribution in [0, 0.1) is 46.3 Å². The quantitative estimate of drug-likeness (QED) is 0.0794. The highest BCUT2D eigenvalue weighted by Gasteiger charge is 2.65. The van der Waals surface area contributed by atoms with Gasteiger partial charge in [-0.3, -0.25) is 9.59 Å². The largest absolute Gasteiger partial charge is 0.481 e. The van der Waals surface area contributed by atoms with Crippen molar-refractivity contribution in [2.75, 3.05) is 0 Å². The van der Waals surface area contributed by atoms with Gasteiger partial charge in [-0.1, -0.05) is 130 Å². The normalized spacial score (nSPS) is 35.6. The molecule has 50 heavy (non-hydrogen) atoms. The summed E-state index contributed by atoms with van der Waals surface area (Å²) < 4.78 is 0. The smallest absolute Gasteiger partial charge is 0.303 e. The SMILES string of the molecule is CCCCCCCCCCCCCCCCCCCC(=O)N[C@H]1CCC2(C)C(C1)C[C@@H](O)C1C2C[C@H](O)C2(C)C1CCC2[C@H](C)CCC(=O)O. The summed E-state index contributed by atoms with van der Waals surface area (Å²) in [7, 11) is 0. The molecule has 290 valence electrons. The number of aliphatic hydroxyl groups is 2. The van der Waals surface area contributed by atoms with Crippen molar-refractivity contribution in [1.29, 1.82) is 0 Å². The van der Waals surface area contributed by atoms with E-state index in [0.717, 1.165) is 57.8 Å². The van der Waals surface area contributed by atoms with E-state index in [-0.39, 0.29) is 53.1 Å². The van der Waals surface area contributed by atoms with E-state index in [9.17, 15) is 24.9 Å². The molecule has 4 aliphatic carbocycles. The second-order valence-electron chi connectivity index (χ2n) is 18.5. The van der Waals surface area contributed by atoms with E-state index in [2.05, 4.69) is 33.0 Å². The number of carbonyl (C=O) groups is 2.